The summed E-state index contributed by atoms with van der Waals surface area (Å²) in [5, 5.41) is 0. The van der Waals surface area contributed by atoms with E-state index in [1.165, 1.54) is 0 Å². The van der Waals surface area contributed by atoms with Crippen LogP contribution in [0, 0.1) is 0 Å². The molecule has 0 spiro atoms. The standard InChI is InChI=1S/C20H24FN5O3/c1-19(2)28-11-20(21,12-29-19)8-9-26-13-23-15-16(26)24-18(22)25-17(15)27-10-14-6-4-3-5-7-14/h3-7,13H,8-12H2,1-2H3,(H2,22,24,25). The summed E-state index contributed by atoms with van der Waals surface area (Å²) >= 11 is 0. The Labute approximate surface area is 167 Å². The molecule has 2 aromatic heterocycles. The molecule has 3 aromatic rings. The fourth-order valence-corrected chi connectivity index (χ4v) is 3.08. The third-order valence-electron chi connectivity index (χ3n) is 4.83. The highest BCUT2D eigenvalue weighted by Gasteiger charge is 2.40. The van der Waals surface area contributed by atoms with E-state index in [0.29, 0.717) is 30.2 Å². The smallest absolute Gasteiger partial charge is 0.247 e. The molecule has 0 amide bonds. The number of fused-ring (bicyclic) bond motifs is 1. The first-order valence-corrected chi connectivity index (χ1v) is 9.46. The molecule has 1 fully saturated rings. The van der Waals surface area contributed by atoms with Gasteiger partial charge in [-0.05, 0) is 19.4 Å². The molecule has 2 N–H and O–H groups in total. The highest BCUT2D eigenvalue weighted by Crippen LogP contribution is 2.30. The van der Waals surface area contributed by atoms with Crippen LogP contribution in [0.2, 0.25) is 0 Å². The number of benzene rings is 1. The van der Waals surface area contributed by atoms with Crippen LogP contribution in [0.3, 0.4) is 0 Å². The van der Waals surface area contributed by atoms with Crippen molar-refractivity contribution in [3.63, 3.8) is 0 Å². The van der Waals surface area contributed by atoms with E-state index in [-0.39, 0.29) is 25.6 Å². The maximum Gasteiger partial charge on any atom is 0.247 e. The van der Waals surface area contributed by atoms with E-state index in [0.717, 1.165) is 5.56 Å². The van der Waals surface area contributed by atoms with Gasteiger partial charge < -0.3 is 24.5 Å². The predicted molar refractivity (Wildman–Crippen MR) is 105 cm³/mol. The van der Waals surface area contributed by atoms with Crippen molar-refractivity contribution in [3.05, 3.63) is 42.2 Å². The van der Waals surface area contributed by atoms with Crippen LogP contribution in [0.1, 0.15) is 25.8 Å². The number of hydrogen-bond donors (Lipinski definition) is 1. The van der Waals surface area contributed by atoms with Gasteiger partial charge >= 0.3 is 0 Å². The Morgan fingerprint density at radius 3 is 2.62 bits per heavy atom. The normalized spacial score (nSPS) is 18.0. The van der Waals surface area contributed by atoms with Gasteiger partial charge in [0.25, 0.3) is 0 Å². The minimum Gasteiger partial charge on any atom is -0.471 e. The average Bonchev–Trinajstić information content (AvgIpc) is 3.11. The van der Waals surface area contributed by atoms with Gasteiger partial charge in [0.1, 0.15) is 6.61 Å². The lowest BCUT2D eigenvalue weighted by Crippen LogP contribution is -2.48. The third-order valence-corrected chi connectivity index (χ3v) is 4.83. The number of anilines is 1. The van der Waals surface area contributed by atoms with Gasteiger partial charge in [-0.15, -0.1) is 0 Å². The minimum atomic E-state index is -1.57. The molecule has 3 heterocycles. The Hall–Kier alpha value is -2.78. The number of nitrogens with zero attached hydrogens (tertiary/aromatic N) is 4. The second-order valence-corrected chi connectivity index (χ2v) is 7.65. The van der Waals surface area contributed by atoms with Crippen molar-refractivity contribution < 1.29 is 18.6 Å². The molecule has 4 rings (SSSR count). The van der Waals surface area contributed by atoms with Crippen molar-refractivity contribution >= 4 is 17.1 Å². The number of nitrogen functional groups attached to an aromatic ring is 1. The molecular formula is C20H24FN5O3. The number of imidazole rings is 1. The number of alkyl halides is 1. The second kappa shape index (κ2) is 7.57. The average molecular weight is 401 g/mol. The van der Waals surface area contributed by atoms with Crippen LogP contribution in [0.4, 0.5) is 10.3 Å². The Morgan fingerprint density at radius 1 is 1.17 bits per heavy atom. The van der Waals surface area contributed by atoms with E-state index < -0.39 is 11.5 Å². The minimum absolute atomic E-state index is 0.0187. The SMILES string of the molecule is CC1(C)OCC(F)(CCn2cnc3c(OCc4ccccc4)nc(N)nc32)CO1. The maximum atomic E-state index is 15.0. The third kappa shape index (κ3) is 4.46. The van der Waals surface area contributed by atoms with Crippen molar-refractivity contribution in [2.45, 2.75) is 44.9 Å². The summed E-state index contributed by atoms with van der Waals surface area (Å²) in [5.41, 5.74) is 6.27. The van der Waals surface area contributed by atoms with Gasteiger partial charge in [-0.3, -0.25) is 0 Å². The molecule has 1 aliphatic heterocycles. The molecular weight excluding hydrogens is 377 g/mol. The molecule has 0 unspecified atom stereocenters. The molecule has 8 nitrogen and oxygen atoms in total. The summed E-state index contributed by atoms with van der Waals surface area (Å²) in [6.45, 7) is 4.18. The Bertz CT molecular complexity index is 982. The fraction of sp³-hybridized carbons (Fsp3) is 0.450. The summed E-state index contributed by atoms with van der Waals surface area (Å²) < 4.78 is 33.5. The zero-order valence-corrected chi connectivity index (χ0v) is 16.5. The fourth-order valence-electron chi connectivity index (χ4n) is 3.08. The number of ether oxygens (including phenoxy) is 3. The maximum absolute atomic E-state index is 15.0. The molecule has 0 bridgehead atoms. The highest BCUT2D eigenvalue weighted by atomic mass is 19.1. The first-order chi connectivity index (χ1) is 13.8. The van der Waals surface area contributed by atoms with Crippen LogP contribution in [0.15, 0.2) is 36.7 Å². The van der Waals surface area contributed by atoms with Crippen LogP contribution < -0.4 is 10.5 Å². The topological polar surface area (TPSA) is 97.3 Å². The van der Waals surface area contributed by atoms with Crippen LogP contribution in [0.5, 0.6) is 5.88 Å². The van der Waals surface area contributed by atoms with Crippen molar-refractivity contribution in [2.75, 3.05) is 18.9 Å². The van der Waals surface area contributed by atoms with Crippen molar-refractivity contribution in [1.29, 1.82) is 0 Å². The number of aryl methyl sites for hydroxylation is 1. The quantitative estimate of drug-likeness (QED) is 0.678. The second-order valence-electron chi connectivity index (χ2n) is 7.65. The Morgan fingerprint density at radius 2 is 1.90 bits per heavy atom. The van der Waals surface area contributed by atoms with E-state index in [2.05, 4.69) is 15.0 Å². The monoisotopic (exact) mass is 401 g/mol. The number of nitrogens with two attached hydrogens (primary N) is 1. The van der Waals surface area contributed by atoms with Gasteiger partial charge in [-0.25, -0.2) is 9.37 Å². The molecule has 0 radical (unpaired) electrons. The number of rotatable bonds is 6. The number of halogens is 1. The van der Waals surface area contributed by atoms with Crippen LogP contribution >= 0.6 is 0 Å². The highest BCUT2D eigenvalue weighted by molar-refractivity contribution is 5.77. The van der Waals surface area contributed by atoms with E-state index >= 15 is 4.39 Å². The zero-order valence-electron chi connectivity index (χ0n) is 16.5. The molecule has 29 heavy (non-hydrogen) atoms. The van der Waals surface area contributed by atoms with Gasteiger partial charge in [0.05, 0.1) is 19.5 Å². The van der Waals surface area contributed by atoms with E-state index in [4.69, 9.17) is 19.9 Å². The van der Waals surface area contributed by atoms with E-state index in [9.17, 15) is 0 Å². The largest absolute Gasteiger partial charge is 0.471 e. The summed E-state index contributed by atoms with van der Waals surface area (Å²) in [6.07, 6.45) is 1.78. The van der Waals surface area contributed by atoms with Crippen molar-refractivity contribution in [1.82, 2.24) is 19.5 Å². The number of hydrogen-bond acceptors (Lipinski definition) is 7. The summed E-state index contributed by atoms with van der Waals surface area (Å²) in [7, 11) is 0. The first kappa shape index (κ1) is 19.5. The molecule has 9 heteroatoms. The van der Waals surface area contributed by atoms with Gasteiger partial charge in [0.2, 0.25) is 11.8 Å². The van der Waals surface area contributed by atoms with Crippen molar-refractivity contribution in [3.8, 4) is 5.88 Å². The molecule has 154 valence electrons. The lowest BCUT2D eigenvalue weighted by molar-refractivity contribution is -0.288. The molecule has 0 aliphatic carbocycles. The lowest BCUT2D eigenvalue weighted by atomic mass is 10.0. The van der Waals surface area contributed by atoms with Crippen LogP contribution in [0.25, 0.3) is 11.2 Å². The molecule has 1 aromatic carbocycles. The van der Waals surface area contributed by atoms with Crippen LogP contribution in [-0.2, 0) is 22.6 Å². The van der Waals surface area contributed by atoms with Crippen LogP contribution in [-0.4, -0.2) is 44.2 Å². The van der Waals surface area contributed by atoms with E-state index in [1.54, 1.807) is 24.7 Å². The van der Waals surface area contributed by atoms with Gasteiger partial charge in [0.15, 0.2) is 22.6 Å². The summed E-state index contributed by atoms with van der Waals surface area (Å²) in [5.74, 6) is -0.385. The molecule has 0 atom stereocenters. The molecule has 1 saturated heterocycles. The van der Waals surface area contributed by atoms with E-state index in [1.807, 2.05) is 30.3 Å². The molecule has 0 saturated carbocycles. The Balaban J connectivity index is 1.49. The predicted octanol–water partition coefficient (Wildman–Crippen LogP) is 2.87. The summed E-state index contributed by atoms with van der Waals surface area (Å²) in [4.78, 5) is 12.8. The number of aromatic nitrogens is 4. The molecule has 1 aliphatic rings. The van der Waals surface area contributed by atoms with Crippen molar-refractivity contribution in [2.24, 2.45) is 0 Å². The first-order valence-electron chi connectivity index (χ1n) is 9.46. The van der Waals surface area contributed by atoms with Gasteiger partial charge in [-0.2, -0.15) is 9.97 Å². The summed E-state index contributed by atoms with van der Waals surface area (Å²) in [6, 6.07) is 9.72. The Kier molecular flexibility index (Phi) is 5.10. The van der Waals surface area contributed by atoms with Gasteiger partial charge in [-0.1, -0.05) is 30.3 Å². The van der Waals surface area contributed by atoms with Gasteiger partial charge in [0, 0.05) is 13.0 Å². The zero-order chi connectivity index (χ0) is 20.5. The lowest BCUT2D eigenvalue weighted by Gasteiger charge is -2.38.